The van der Waals surface area contributed by atoms with E-state index in [9.17, 15) is 14.4 Å². The summed E-state index contributed by atoms with van der Waals surface area (Å²) < 4.78 is 0.933. The quantitative estimate of drug-likeness (QED) is 0.401. The number of likely N-dealkylation sites (N-methyl/N-ethyl adjacent to an activating group) is 1. The van der Waals surface area contributed by atoms with E-state index in [4.69, 9.17) is 0 Å². The number of aromatic nitrogens is 3. The minimum atomic E-state index is -0.856. The maximum absolute atomic E-state index is 14.3. The highest BCUT2D eigenvalue weighted by Crippen LogP contribution is 2.53. The lowest BCUT2D eigenvalue weighted by molar-refractivity contribution is -0.139. The number of benzene rings is 1. The molecule has 244 valence electrons. The molecule has 3 aliphatic rings. The van der Waals surface area contributed by atoms with Crippen molar-refractivity contribution < 1.29 is 11.0 Å². The van der Waals surface area contributed by atoms with E-state index in [2.05, 4.69) is 71.9 Å². The number of amides is 2. The van der Waals surface area contributed by atoms with Gasteiger partial charge in [0.25, 0.3) is 0 Å². The van der Waals surface area contributed by atoms with Gasteiger partial charge in [-0.05, 0) is 56.8 Å². The molecule has 11 heteroatoms. The molecule has 3 fully saturated rings. The van der Waals surface area contributed by atoms with Gasteiger partial charge in [-0.15, -0.1) is 11.8 Å². The first-order valence-corrected chi connectivity index (χ1v) is 17.2. The van der Waals surface area contributed by atoms with Crippen LogP contribution in [0.5, 0.6) is 0 Å². The molecule has 1 aromatic carbocycles. The number of hydrogen-bond acceptors (Lipinski definition) is 7. The summed E-state index contributed by atoms with van der Waals surface area (Å²) in [6.45, 7) is 14.3. The molecule has 5 heterocycles. The molecule has 0 aliphatic carbocycles. The highest BCUT2D eigenvalue weighted by atomic mass is 32.2. The van der Waals surface area contributed by atoms with Crippen molar-refractivity contribution in [1.82, 2.24) is 29.2 Å². The van der Waals surface area contributed by atoms with Crippen molar-refractivity contribution in [2.75, 3.05) is 57.8 Å². The number of likely N-dealkylation sites (tertiary alicyclic amines) is 1. The number of H-pyrrole nitrogens is 1. The predicted molar refractivity (Wildman–Crippen MR) is 183 cm³/mol. The molecule has 0 radical (unpaired) electrons. The molecule has 0 spiro atoms. The number of aromatic amines is 1. The van der Waals surface area contributed by atoms with Gasteiger partial charge in [0.05, 0.1) is 11.9 Å². The summed E-state index contributed by atoms with van der Waals surface area (Å²) in [5, 5.41) is -0.151. The number of carbonyl (C=O) groups is 2. The molecule has 0 saturated carbocycles. The van der Waals surface area contributed by atoms with E-state index >= 15 is 0 Å². The molecular weight excluding hydrogens is 586 g/mol. The monoisotopic (exact) mass is 635 g/mol. The van der Waals surface area contributed by atoms with Gasteiger partial charge in [0, 0.05) is 70.7 Å². The second kappa shape index (κ2) is 12.5. The van der Waals surface area contributed by atoms with Gasteiger partial charge < -0.3 is 19.6 Å². The van der Waals surface area contributed by atoms with Gasteiger partial charge >= 0.3 is 5.69 Å². The van der Waals surface area contributed by atoms with Crippen molar-refractivity contribution in [2.24, 2.45) is 5.41 Å². The Labute approximate surface area is 271 Å². The predicted octanol–water partition coefficient (Wildman–Crippen LogP) is 4.75. The van der Waals surface area contributed by atoms with E-state index in [1.54, 1.807) is 22.5 Å². The Morgan fingerprint density at radius 2 is 1.76 bits per heavy atom. The van der Waals surface area contributed by atoms with Crippen LogP contribution in [0.3, 0.4) is 0 Å². The third-order valence-corrected chi connectivity index (χ3v) is 11.2. The first kappa shape index (κ1) is 31.7. The lowest BCUT2D eigenvalue weighted by Gasteiger charge is -2.37. The Morgan fingerprint density at radius 3 is 2.47 bits per heavy atom. The number of anilines is 1. The maximum Gasteiger partial charge on any atom is 0.327 e. The Kier molecular flexibility index (Phi) is 8.78. The Morgan fingerprint density at radius 1 is 1.04 bits per heavy atom. The highest BCUT2D eigenvalue weighted by molar-refractivity contribution is 8.02. The molecule has 3 saturated heterocycles. The van der Waals surface area contributed by atoms with E-state index in [0.29, 0.717) is 38.1 Å². The minimum Gasteiger partial charge on any atom is -0.369 e. The normalized spacial score (nSPS) is 23.8. The second-order valence-electron chi connectivity index (χ2n) is 14.3. The number of imidazole rings is 1. The van der Waals surface area contributed by atoms with Crippen molar-refractivity contribution in [1.29, 1.82) is 0 Å². The average molecular weight is 636 g/mol. The maximum atomic E-state index is 14.3. The van der Waals surface area contributed by atoms with Crippen LogP contribution < -0.4 is 10.6 Å². The van der Waals surface area contributed by atoms with Crippen molar-refractivity contribution >= 4 is 40.4 Å². The fourth-order valence-electron chi connectivity index (χ4n) is 6.92. The smallest absolute Gasteiger partial charge is 0.327 e. The minimum absolute atomic E-state index is 0. The van der Waals surface area contributed by atoms with Crippen LogP contribution in [0.4, 0.5) is 5.69 Å². The van der Waals surface area contributed by atoms with Crippen LogP contribution in [0.2, 0.25) is 0 Å². The summed E-state index contributed by atoms with van der Waals surface area (Å²) in [4.78, 5) is 56.7. The van der Waals surface area contributed by atoms with Crippen LogP contribution in [0.1, 0.15) is 71.8 Å². The second-order valence-corrected chi connectivity index (χ2v) is 15.9. The molecule has 3 aliphatic heterocycles. The van der Waals surface area contributed by atoms with E-state index in [1.165, 1.54) is 5.69 Å². The fraction of sp³-hybridized carbons (Fsp3) is 0.588. The van der Waals surface area contributed by atoms with E-state index in [1.807, 2.05) is 28.9 Å². The number of carbonyl (C=O) groups excluding carboxylic acids is 2. The number of nitrogens with zero attached hydrogens (tertiary/aromatic N) is 6. The number of hydrogen-bond donors (Lipinski definition) is 1. The summed E-state index contributed by atoms with van der Waals surface area (Å²) in [6, 6.07) is 12.3. The molecule has 3 aromatic rings. The van der Waals surface area contributed by atoms with Crippen LogP contribution in [-0.4, -0.2) is 98.7 Å². The van der Waals surface area contributed by atoms with Gasteiger partial charge in [0.1, 0.15) is 10.1 Å². The summed E-state index contributed by atoms with van der Waals surface area (Å²) in [5.74, 6) is 0.0597. The van der Waals surface area contributed by atoms with Crippen LogP contribution in [0.25, 0.3) is 11.2 Å². The SMILES string of the molecule is CN1CCN(c2ccccc2[C@@H]2S[C@](C)(CC(=O)N3CCC(n4c(=O)[nH]c5ncccc54)CC3)C(=O)N2CCC(C)(C)C)CC1.[HH]. The molecule has 0 bridgehead atoms. The van der Waals surface area contributed by atoms with Gasteiger partial charge in [-0.1, -0.05) is 39.0 Å². The van der Waals surface area contributed by atoms with Crippen molar-refractivity contribution in [3.63, 3.8) is 0 Å². The first-order chi connectivity index (χ1) is 21.4. The van der Waals surface area contributed by atoms with Gasteiger partial charge in [0.15, 0.2) is 5.65 Å². The van der Waals surface area contributed by atoms with E-state index in [0.717, 1.165) is 43.7 Å². The third kappa shape index (κ3) is 6.52. The highest BCUT2D eigenvalue weighted by Gasteiger charge is 2.52. The topological polar surface area (TPSA) is 97.8 Å². The molecule has 10 nitrogen and oxygen atoms in total. The molecule has 2 aromatic heterocycles. The van der Waals surface area contributed by atoms with Crippen LogP contribution >= 0.6 is 11.8 Å². The summed E-state index contributed by atoms with van der Waals surface area (Å²) in [6.07, 6.45) is 4.09. The third-order valence-electron chi connectivity index (χ3n) is 9.68. The van der Waals surface area contributed by atoms with Crippen LogP contribution in [-0.2, 0) is 9.59 Å². The number of para-hydroxylation sites is 1. The van der Waals surface area contributed by atoms with Gasteiger partial charge in [-0.25, -0.2) is 9.78 Å². The van der Waals surface area contributed by atoms with Gasteiger partial charge in [-0.2, -0.15) is 0 Å². The molecule has 2 atom stereocenters. The summed E-state index contributed by atoms with van der Waals surface area (Å²) in [5.41, 5.74) is 3.65. The van der Waals surface area contributed by atoms with E-state index in [-0.39, 0.29) is 42.2 Å². The summed E-state index contributed by atoms with van der Waals surface area (Å²) >= 11 is 1.64. The number of thioether (sulfide) groups is 1. The Bertz CT molecular complexity index is 1600. The van der Waals surface area contributed by atoms with Crippen molar-refractivity contribution in [2.45, 2.75) is 69.5 Å². The zero-order valence-electron chi connectivity index (χ0n) is 27.3. The lowest BCUT2D eigenvalue weighted by Crippen LogP contribution is -2.46. The van der Waals surface area contributed by atoms with Crippen LogP contribution in [0, 0.1) is 5.41 Å². The van der Waals surface area contributed by atoms with Gasteiger partial charge in [0.2, 0.25) is 11.8 Å². The number of piperazine rings is 1. The Balaban J connectivity index is 0.00000417. The van der Waals surface area contributed by atoms with Crippen molar-refractivity contribution in [3.05, 3.63) is 58.6 Å². The molecule has 0 unspecified atom stereocenters. The average Bonchev–Trinajstić information content (AvgIpc) is 3.48. The number of nitrogens with one attached hydrogen (secondary N) is 1. The zero-order chi connectivity index (χ0) is 31.9. The molecule has 6 rings (SSSR count). The first-order valence-electron chi connectivity index (χ1n) is 16.3. The fourth-order valence-corrected chi connectivity index (χ4v) is 8.49. The lowest BCUT2D eigenvalue weighted by atomic mass is 9.91. The Hall–Kier alpha value is -3.31. The number of fused-ring (bicyclic) bond motifs is 1. The number of rotatable bonds is 7. The number of pyridine rings is 1. The zero-order valence-corrected chi connectivity index (χ0v) is 28.1. The molecular formula is C34H49N7O3S. The van der Waals surface area contributed by atoms with E-state index < -0.39 is 4.75 Å². The largest absolute Gasteiger partial charge is 0.369 e. The van der Waals surface area contributed by atoms with Crippen LogP contribution in [0.15, 0.2) is 47.4 Å². The molecule has 1 N–H and O–H groups in total. The summed E-state index contributed by atoms with van der Waals surface area (Å²) in [7, 11) is 2.16. The molecule has 45 heavy (non-hydrogen) atoms. The van der Waals surface area contributed by atoms with Crippen molar-refractivity contribution in [3.8, 4) is 0 Å². The number of piperidine rings is 1. The standard InChI is InChI=1S/C34H47N7O3S.H2/c1-33(2,3)14-18-40-30(25-9-6-7-10-26(25)38-21-19-37(5)20-22-38)45-34(4,31(40)43)23-28(42)39-16-12-24(13-17-39)41-27-11-8-15-35-29(27)36-32(41)44;/h6-11,15,24,30H,12-14,16-23H2,1-5H3,(H,35,36,44);1H/t30-,34+;/m0./s1. The van der Waals surface area contributed by atoms with Gasteiger partial charge in [-0.3, -0.25) is 19.1 Å². The molecule has 2 amide bonds.